The van der Waals surface area contributed by atoms with Gasteiger partial charge in [-0.3, -0.25) is 15.5 Å². The van der Waals surface area contributed by atoms with Crippen LogP contribution in [-0.2, 0) is 4.74 Å². The number of carbonyl (C=O) groups is 1. The van der Waals surface area contributed by atoms with Crippen molar-refractivity contribution in [2.75, 3.05) is 9.87 Å². The van der Waals surface area contributed by atoms with Gasteiger partial charge in [0.2, 0.25) is 5.82 Å². The summed E-state index contributed by atoms with van der Waals surface area (Å²) in [5, 5.41) is 11.4. The second kappa shape index (κ2) is 7.23. The van der Waals surface area contributed by atoms with Crippen molar-refractivity contribution < 1.29 is 14.5 Å². The Morgan fingerprint density at radius 3 is 2.35 bits per heavy atom. The van der Waals surface area contributed by atoms with Gasteiger partial charge in [0.1, 0.15) is 11.3 Å². The van der Waals surface area contributed by atoms with E-state index in [4.69, 9.17) is 4.74 Å². The predicted octanol–water partition coefficient (Wildman–Crippen LogP) is 2.84. The number of amides is 1. The van der Waals surface area contributed by atoms with E-state index in [0.29, 0.717) is 11.3 Å². The molecule has 2 N–H and O–H groups in total. The largest absolute Gasteiger partial charge is 0.443 e. The van der Waals surface area contributed by atoms with Crippen LogP contribution in [0, 0.1) is 24.0 Å². The Morgan fingerprint density at radius 2 is 1.91 bits per heavy atom. The van der Waals surface area contributed by atoms with Gasteiger partial charge in [-0.15, -0.1) is 0 Å². The molecule has 128 valence electrons. The number of nitrogens with one attached hydrogen (secondary N) is 2. The Labute approximate surface area is 139 Å². The predicted molar refractivity (Wildman–Crippen MR) is 95.3 cm³/mol. The van der Waals surface area contributed by atoms with Crippen LogP contribution in [0.25, 0.3) is 0 Å². The summed E-state index contributed by atoms with van der Waals surface area (Å²) in [5.41, 5.74) is 5.24. The molecular weight excluding hydrogens is 340 g/mol. The Kier molecular flexibility index (Phi) is 6.08. The van der Waals surface area contributed by atoms with Crippen LogP contribution in [0.1, 0.15) is 32.0 Å². The van der Waals surface area contributed by atoms with E-state index in [9.17, 15) is 14.9 Å². The van der Waals surface area contributed by atoms with Gasteiger partial charge in [-0.1, -0.05) is 0 Å². The Morgan fingerprint density at radius 1 is 1.35 bits per heavy atom. The first-order chi connectivity index (χ1) is 10.4. The number of hydrazine groups is 1. The fourth-order valence-electron chi connectivity index (χ4n) is 1.69. The zero-order valence-corrected chi connectivity index (χ0v) is 15.9. The molecule has 0 fully saturated rings. The van der Waals surface area contributed by atoms with Crippen molar-refractivity contribution in [3.8, 4) is 0 Å². The van der Waals surface area contributed by atoms with Gasteiger partial charge in [-0.2, -0.15) is 0 Å². The molecule has 0 saturated heterocycles. The van der Waals surface area contributed by atoms with Crippen LogP contribution >= 0.6 is 18.8 Å². The van der Waals surface area contributed by atoms with E-state index in [0.717, 1.165) is 0 Å². The standard InChI is InChI=1S/C12H21N5O4P2/c1-6-7(2)13-10(17(22)23)9(16(19)20)8(6)14-15-11(18)21-12(3,4)5/h22-23H2,1-5H3,(H,13,14)(H,15,18). The topological polar surface area (TPSA) is 110 Å². The third-order valence-electron chi connectivity index (χ3n) is 2.76. The molecule has 1 aromatic heterocycles. The van der Waals surface area contributed by atoms with E-state index in [-0.39, 0.29) is 17.2 Å². The average molecular weight is 361 g/mol. The van der Waals surface area contributed by atoms with Gasteiger partial charge >= 0.3 is 11.8 Å². The number of hydrogen-bond donors (Lipinski definition) is 2. The maximum absolute atomic E-state index is 11.7. The number of ether oxygens (including phenoxy) is 1. The van der Waals surface area contributed by atoms with Crippen LogP contribution in [0.15, 0.2) is 0 Å². The van der Waals surface area contributed by atoms with Gasteiger partial charge in [0.05, 0.1) is 4.92 Å². The van der Waals surface area contributed by atoms with E-state index in [1.807, 2.05) is 0 Å². The number of nitrogens with zero attached hydrogens (tertiary/aromatic N) is 3. The maximum Gasteiger partial charge on any atom is 0.426 e. The second-order valence-corrected chi connectivity index (χ2v) is 7.49. The minimum absolute atomic E-state index is 0.126. The number of pyridine rings is 1. The SMILES string of the molecule is Cc1nc(N(P)P)c([N+](=O)[O-])c(NNC(=O)OC(C)(C)C)c1C. The second-order valence-electron chi connectivity index (χ2n) is 5.79. The highest BCUT2D eigenvalue weighted by atomic mass is 31.1. The van der Waals surface area contributed by atoms with Crippen LogP contribution in [0.4, 0.5) is 22.0 Å². The third kappa shape index (κ3) is 5.15. The number of nitro groups is 1. The van der Waals surface area contributed by atoms with E-state index in [2.05, 4.69) is 34.6 Å². The summed E-state index contributed by atoms with van der Waals surface area (Å²) in [7, 11) is 4.56. The highest BCUT2D eigenvalue weighted by Crippen LogP contribution is 2.39. The first-order valence-electron chi connectivity index (χ1n) is 6.64. The van der Waals surface area contributed by atoms with E-state index < -0.39 is 16.6 Å². The van der Waals surface area contributed by atoms with Gasteiger partial charge < -0.3 is 9.18 Å². The van der Waals surface area contributed by atoms with E-state index >= 15 is 0 Å². The lowest BCUT2D eigenvalue weighted by Gasteiger charge is -2.21. The molecule has 0 bridgehead atoms. The van der Waals surface area contributed by atoms with E-state index in [1.165, 1.54) is 4.44 Å². The van der Waals surface area contributed by atoms with Crippen molar-refractivity contribution in [2.24, 2.45) is 0 Å². The molecule has 0 aliphatic rings. The van der Waals surface area contributed by atoms with Crippen LogP contribution in [0.5, 0.6) is 0 Å². The first kappa shape index (κ1) is 19.3. The molecule has 1 aromatic rings. The normalized spacial score (nSPS) is 10.9. The summed E-state index contributed by atoms with van der Waals surface area (Å²) in [4.78, 5) is 26.8. The zero-order chi connectivity index (χ0) is 17.9. The molecular formula is C12H21N5O4P2. The highest BCUT2D eigenvalue weighted by Gasteiger charge is 2.27. The van der Waals surface area contributed by atoms with Gasteiger partial charge in [-0.25, -0.2) is 15.2 Å². The van der Waals surface area contributed by atoms with Crippen molar-refractivity contribution in [3.63, 3.8) is 0 Å². The third-order valence-corrected chi connectivity index (χ3v) is 3.24. The molecule has 2 atom stereocenters. The van der Waals surface area contributed by atoms with E-state index in [1.54, 1.807) is 34.6 Å². The molecule has 2 unspecified atom stereocenters. The van der Waals surface area contributed by atoms with Crippen LogP contribution < -0.4 is 15.3 Å². The maximum atomic E-state index is 11.7. The quantitative estimate of drug-likeness (QED) is 0.482. The first-order valence-corrected chi connectivity index (χ1v) is 7.67. The molecule has 1 amide bonds. The summed E-state index contributed by atoms with van der Waals surface area (Å²) in [6.45, 7) is 8.55. The molecule has 23 heavy (non-hydrogen) atoms. The summed E-state index contributed by atoms with van der Waals surface area (Å²) in [6.07, 6.45) is -0.740. The number of rotatable bonds is 4. The zero-order valence-electron chi connectivity index (χ0n) is 13.6. The number of aromatic nitrogens is 1. The van der Waals surface area contributed by atoms with Crippen molar-refractivity contribution in [3.05, 3.63) is 21.4 Å². The molecule has 11 heteroatoms. The molecule has 0 spiro atoms. The number of anilines is 2. The molecule has 0 radical (unpaired) electrons. The molecule has 1 rings (SSSR count). The summed E-state index contributed by atoms with van der Waals surface area (Å²) < 4.78 is 6.47. The minimum Gasteiger partial charge on any atom is -0.443 e. The summed E-state index contributed by atoms with van der Waals surface area (Å²) in [5.74, 6) is 0.126. The Hall–Kier alpha value is -1.72. The molecule has 9 nitrogen and oxygen atoms in total. The van der Waals surface area contributed by atoms with Gasteiger partial charge in [0.15, 0.2) is 0 Å². The van der Waals surface area contributed by atoms with Gasteiger partial charge in [-0.05, 0) is 53.4 Å². The lowest BCUT2D eigenvalue weighted by atomic mass is 10.1. The van der Waals surface area contributed by atoms with Crippen LogP contribution in [0.3, 0.4) is 0 Å². The van der Waals surface area contributed by atoms with Gasteiger partial charge in [0, 0.05) is 11.3 Å². The van der Waals surface area contributed by atoms with Crippen molar-refractivity contribution in [1.82, 2.24) is 10.4 Å². The Bertz CT molecular complexity index is 631. The monoisotopic (exact) mass is 361 g/mol. The minimum atomic E-state index is -0.740. The average Bonchev–Trinajstić information content (AvgIpc) is 2.37. The Balaban J connectivity index is 3.19. The molecule has 1 heterocycles. The number of aryl methyl sites for hydroxylation is 1. The summed E-state index contributed by atoms with van der Waals surface area (Å²) >= 11 is 0. The van der Waals surface area contributed by atoms with Crippen molar-refractivity contribution in [2.45, 2.75) is 40.2 Å². The summed E-state index contributed by atoms with van der Waals surface area (Å²) in [6, 6.07) is 0. The van der Waals surface area contributed by atoms with Crippen molar-refractivity contribution >= 4 is 42.1 Å². The lowest BCUT2D eigenvalue weighted by Crippen LogP contribution is -2.36. The molecule has 0 saturated carbocycles. The molecule has 0 aromatic carbocycles. The van der Waals surface area contributed by atoms with Crippen LogP contribution in [0.2, 0.25) is 0 Å². The molecule has 0 aliphatic heterocycles. The van der Waals surface area contributed by atoms with Gasteiger partial charge in [0.25, 0.3) is 0 Å². The number of hydrogen-bond acceptors (Lipinski definition) is 7. The van der Waals surface area contributed by atoms with Crippen LogP contribution in [-0.4, -0.2) is 21.6 Å². The fraction of sp³-hybridized carbons (Fsp3) is 0.500. The molecule has 0 aliphatic carbocycles. The lowest BCUT2D eigenvalue weighted by molar-refractivity contribution is -0.383. The number of carbonyl (C=O) groups excluding carboxylic acids is 1. The highest BCUT2D eigenvalue weighted by molar-refractivity contribution is 7.39. The van der Waals surface area contributed by atoms with Crippen molar-refractivity contribution in [1.29, 1.82) is 0 Å². The fourth-order valence-corrected chi connectivity index (χ4v) is 2.05. The smallest absolute Gasteiger partial charge is 0.426 e.